The number of hydrogen-bond acceptors (Lipinski definition) is 9. The molecule has 0 unspecified atom stereocenters. The van der Waals surface area contributed by atoms with Gasteiger partial charge in [0.1, 0.15) is 30.1 Å². The van der Waals surface area contributed by atoms with Gasteiger partial charge in [0.25, 0.3) is 14.2 Å². The zero-order valence-corrected chi connectivity index (χ0v) is 34.4. The number of sulfonamides is 1. The summed E-state index contributed by atoms with van der Waals surface area (Å²) in [5.41, 5.74) is 1.22. The van der Waals surface area contributed by atoms with E-state index in [0.29, 0.717) is 35.4 Å². The van der Waals surface area contributed by atoms with Gasteiger partial charge in [0.2, 0.25) is 10.0 Å². The number of hydrogen-bond donors (Lipinski definition) is 2. The van der Waals surface area contributed by atoms with Crippen molar-refractivity contribution in [2.24, 2.45) is 5.92 Å². The third kappa shape index (κ3) is 10.1. The summed E-state index contributed by atoms with van der Waals surface area (Å²) in [6.45, 7) is 9.44. The number of aromatic nitrogens is 5. The standard InChI is InChI=1S/C41H50FN7O5SSi/c1-29-45-36(39-44-28-49(47-39)27-30-16-19-32(20-17-30)48-55(5,51)52)25-37(46-29)40(50)43-26-31-18-21-35(42)38(24-31)53-22-23-54-56(41(2,3)4,33-12-8-6-9-13-33)34-14-10-7-11-15-34/h6-15,18,21,24-25,28,30,32,48H,16-17,19-20,22-23,26-27H2,1-5H3,(H,43,50)/t30-,32-. The van der Waals surface area contributed by atoms with Crippen LogP contribution in [-0.4, -0.2) is 72.9 Å². The number of rotatable bonds is 15. The highest BCUT2D eigenvalue weighted by atomic mass is 32.2. The van der Waals surface area contributed by atoms with E-state index in [9.17, 15) is 17.6 Å². The van der Waals surface area contributed by atoms with E-state index in [1.807, 2.05) is 36.4 Å². The normalized spacial score (nSPS) is 16.4. The van der Waals surface area contributed by atoms with Crippen LogP contribution in [-0.2, 0) is 27.5 Å². The SMILES string of the molecule is Cc1nc(C(=O)NCc2ccc(F)c(OCCO[Si](c3ccccc3)(c3ccccc3)C(C)(C)C)c2)cc(-c2ncn(C[C@H]3CC[C@H](NS(C)(=O)=O)CC3)n2)n1. The maximum atomic E-state index is 15.0. The van der Waals surface area contributed by atoms with Crippen molar-refractivity contribution in [2.75, 3.05) is 19.5 Å². The fourth-order valence-corrected chi connectivity index (χ4v) is 12.9. The molecule has 0 spiro atoms. The molecule has 15 heteroatoms. The van der Waals surface area contributed by atoms with Crippen LogP contribution >= 0.6 is 0 Å². The monoisotopic (exact) mass is 799 g/mol. The van der Waals surface area contributed by atoms with Crippen molar-refractivity contribution in [3.05, 3.63) is 114 Å². The summed E-state index contributed by atoms with van der Waals surface area (Å²) < 4.78 is 55.4. The molecule has 0 radical (unpaired) electrons. The Morgan fingerprint density at radius 2 is 1.59 bits per heavy atom. The van der Waals surface area contributed by atoms with E-state index in [2.05, 4.69) is 75.1 Å². The highest BCUT2D eigenvalue weighted by molar-refractivity contribution is 7.88. The van der Waals surface area contributed by atoms with Gasteiger partial charge in [-0.2, -0.15) is 0 Å². The second-order valence-corrected chi connectivity index (χ2v) is 21.5. The Hall–Kier alpha value is -4.83. The predicted octanol–water partition coefficient (Wildman–Crippen LogP) is 5.18. The van der Waals surface area contributed by atoms with E-state index < -0.39 is 30.1 Å². The van der Waals surface area contributed by atoms with Crippen molar-refractivity contribution in [1.29, 1.82) is 0 Å². The van der Waals surface area contributed by atoms with E-state index in [1.165, 1.54) is 12.3 Å². The molecule has 1 aliphatic carbocycles. The Morgan fingerprint density at radius 3 is 2.21 bits per heavy atom. The van der Waals surface area contributed by atoms with Gasteiger partial charge in [0.15, 0.2) is 17.4 Å². The lowest BCUT2D eigenvalue weighted by Gasteiger charge is -2.43. The van der Waals surface area contributed by atoms with E-state index >= 15 is 0 Å². The summed E-state index contributed by atoms with van der Waals surface area (Å²) in [7, 11) is -6.00. The Labute approximate surface area is 329 Å². The minimum absolute atomic E-state index is 0.0355. The Bertz CT molecular complexity index is 2170. The molecule has 2 aromatic heterocycles. The molecule has 6 rings (SSSR count). The first-order valence-corrected chi connectivity index (χ1v) is 22.7. The minimum Gasteiger partial charge on any atom is -0.488 e. The molecule has 1 fully saturated rings. The van der Waals surface area contributed by atoms with E-state index in [0.717, 1.165) is 36.1 Å². The van der Waals surface area contributed by atoms with Crippen molar-refractivity contribution in [3.63, 3.8) is 0 Å². The van der Waals surface area contributed by atoms with Crippen LogP contribution in [0.4, 0.5) is 4.39 Å². The molecular formula is C41H50FN7O5SSi. The number of nitrogens with one attached hydrogen (secondary N) is 2. The number of carbonyl (C=O) groups excluding carboxylic acids is 1. The molecule has 56 heavy (non-hydrogen) atoms. The van der Waals surface area contributed by atoms with Crippen LogP contribution in [0, 0.1) is 18.7 Å². The number of benzene rings is 3. The Morgan fingerprint density at radius 1 is 0.929 bits per heavy atom. The molecule has 0 aliphatic heterocycles. The summed E-state index contributed by atoms with van der Waals surface area (Å²) in [4.78, 5) is 26.5. The summed E-state index contributed by atoms with van der Waals surface area (Å²) in [6.07, 6.45) is 6.12. The molecule has 0 atom stereocenters. The smallest absolute Gasteiger partial charge is 0.270 e. The highest BCUT2D eigenvalue weighted by Crippen LogP contribution is 2.36. The summed E-state index contributed by atoms with van der Waals surface area (Å²) in [5, 5.41) is 9.57. The number of halogens is 1. The molecular weight excluding hydrogens is 750 g/mol. The van der Waals surface area contributed by atoms with Crippen LogP contribution in [0.1, 0.15) is 68.3 Å². The maximum Gasteiger partial charge on any atom is 0.270 e. The fraction of sp³-hybridized carbons (Fsp3) is 0.390. The number of ether oxygens (including phenoxy) is 1. The van der Waals surface area contributed by atoms with Crippen molar-refractivity contribution in [3.8, 4) is 17.3 Å². The summed E-state index contributed by atoms with van der Waals surface area (Å²) in [6, 6.07) is 26.6. The van der Waals surface area contributed by atoms with Crippen LogP contribution in [0.5, 0.6) is 5.75 Å². The zero-order valence-electron chi connectivity index (χ0n) is 32.5. The molecule has 2 N–H and O–H groups in total. The maximum absolute atomic E-state index is 15.0. The number of carbonyl (C=O) groups is 1. The van der Waals surface area contributed by atoms with Gasteiger partial charge in [-0.15, -0.1) is 5.10 Å². The Kier molecular flexibility index (Phi) is 12.8. The van der Waals surface area contributed by atoms with Crippen LogP contribution < -0.4 is 25.1 Å². The summed E-state index contributed by atoms with van der Waals surface area (Å²) in [5.74, 6) is 0.236. The number of amides is 1. The first kappa shape index (κ1) is 40.8. The predicted molar refractivity (Wildman–Crippen MR) is 216 cm³/mol. The lowest BCUT2D eigenvalue weighted by Crippen LogP contribution is -2.66. The van der Waals surface area contributed by atoms with E-state index in [1.54, 1.807) is 36.1 Å². The van der Waals surface area contributed by atoms with Crippen LogP contribution in [0.3, 0.4) is 0 Å². The molecule has 0 bridgehead atoms. The van der Waals surface area contributed by atoms with Crippen LogP contribution in [0.15, 0.2) is 91.3 Å². The third-order valence-electron chi connectivity index (χ3n) is 10.0. The van der Waals surface area contributed by atoms with Crippen molar-refractivity contribution < 1.29 is 26.8 Å². The van der Waals surface area contributed by atoms with Gasteiger partial charge in [-0.25, -0.2) is 32.5 Å². The largest absolute Gasteiger partial charge is 0.488 e. The molecule has 5 aromatic rings. The minimum atomic E-state index is -3.23. The van der Waals surface area contributed by atoms with Crippen molar-refractivity contribution in [1.82, 2.24) is 34.8 Å². The first-order valence-electron chi connectivity index (χ1n) is 18.9. The zero-order chi connectivity index (χ0) is 39.9. The molecule has 2 heterocycles. The number of nitrogens with zero attached hydrogens (tertiary/aromatic N) is 5. The van der Waals surface area contributed by atoms with Gasteiger partial charge in [-0.05, 0) is 77.7 Å². The molecule has 1 aliphatic rings. The third-order valence-corrected chi connectivity index (χ3v) is 15.8. The second kappa shape index (κ2) is 17.5. The van der Waals surface area contributed by atoms with Gasteiger partial charge in [0.05, 0.1) is 12.9 Å². The molecule has 1 saturated carbocycles. The summed E-state index contributed by atoms with van der Waals surface area (Å²) >= 11 is 0. The molecule has 296 valence electrons. The van der Waals surface area contributed by atoms with E-state index in [4.69, 9.17) is 9.16 Å². The molecule has 1 amide bonds. The van der Waals surface area contributed by atoms with Crippen LogP contribution in [0.25, 0.3) is 11.5 Å². The van der Waals surface area contributed by atoms with Gasteiger partial charge in [-0.1, -0.05) is 87.5 Å². The molecule has 3 aromatic carbocycles. The van der Waals surface area contributed by atoms with Crippen molar-refractivity contribution in [2.45, 2.75) is 77.5 Å². The lowest BCUT2D eigenvalue weighted by molar-refractivity contribution is 0.0945. The topological polar surface area (TPSA) is 150 Å². The van der Waals surface area contributed by atoms with Gasteiger partial charge >= 0.3 is 0 Å². The van der Waals surface area contributed by atoms with Gasteiger partial charge in [0, 0.05) is 19.1 Å². The first-order chi connectivity index (χ1) is 26.7. The Balaban J connectivity index is 1.06. The van der Waals surface area contributed by atoms with E-state index in [-0.39, 0.29) is 42.3 Å². The lowest BCUT2D eigenvalue weighted by atomic mass is 9.86. The highest BCUT2D eigenvalue weighted by Gasteiger charge is 2.50. The van der Waals surface area contributed by atoms with Crippen LogP contribution in [0.2, 0.25) is 5.04 Å². The van der Waals surface area contributed by atoms with Gasteiger partial charge < -0.3 is 14.5 Å². The van der Waals surface area contributed by atoms with Gasteiger partial charge in [-0.3, -0.25) is 9.48 Å². The van der Waals surface area contributed by atoms with Crippen molar-refractivity contribution >= 4 is 34.6 Å². The average molecular weight is 800 g/mol. The molecule has 0 saturated heterocycles. The second-order valence-electron chi connectivity index (χ2n) is 15.4. The average Bonchev–Trinajstić information content (AvgIpc) is 3.63. The molecule has 12 nitrogen and oxygen atoms in total. The number of aryl methyl sites for hydroxylation is 1. The fourth-order valence-electron chi connectivity index (χ4n) is 7.48. The quantitative estimate of drug-likeness (QED) is 0.108.